The number of aryl methyl sites for hydroxylation is 2. The first-order valence-electron chi connectivity index (χ1n) is 11.6. The highest BCUT2D eigenvalue weighted by Crippen LogP contribution is 2.35. The van der Waals surface area contributed by atoms with Crippen LogP contribution in [0.15, 0.2) is 66.7 Å². The first-order valence-corrected chi connectivity index (χ1v) is 12.0. The second-order valence-electron chi connectivity index (χ2n) is 8.15. The van der Waals surface area contributed by atoms with E-state index in [4.69, 9.17) is 30.9 Å². The number of hydrogen-bond donors (Lipinski definition) is 1. The van der Waals surface area contributed by atoms with Gasteiger partial charge in [0.25, 0.3) is 0 Å². The molecule has 3 rings (SSSR count). The van der Waals surface area contributed by atoms with Gasteiger partial charge in [0, 0.05) is 23.9 Å². The van der Waals surface area contributed by atoms with Crippen LogP contribution >= 0.6 is 11.6 Å². The van der Waals surface area contributed by atoms with E-state index in [1.165, 1.54) is 0 Å². The molecule has 3 aromatic carbocycles. The van der Waals surface area contributed by atoms with E-state index in [1.807, 2.05) is 61.5 Å². The SMILES string of the molecule is CCCc1cc(OCC[C@@H](C)Oc2ccc(Cl)cc2Oc2ccccc2)ccc1CCC(=O)O. The molecule has 0 heterocycles. The first-order chi connectivity index (χ1) is 16.4. The molecule has 0 saturated carbocycles. The van der Waals surface area contributed by atoms with Crippen LogP contribution in [0.5, 0.6) is 23.0 Å². The largest absolute Gasteiger partial charge is 0.493 e. The average Bonchev–Trinajstić information content (AvgIpc) is 2.81. The van der Waals surface area contributed by atoms with Crippen molar-refractivity contribution in [2.24, 2.45) is 0 Å². The molecule has 0 aliphatic heterocycles. The second-order valence-corrected chi connectivity index (χ2v) is 8.58. The second kappa shape index (κ2) is 12.9. The van der Waals surface area contributed by atoms with Crippen LogP contribution in [0.25, 0.3) is 0 Å². The van der Waals surface area contributed by atoms with E-state index in [0.717, 1.165) is 29.7 Å². The van der Waals surface area contributed by atoms with Gasteiger partial charge in [-0.05, 0) is 67.3 Å². The van der Waals surface area contributed by atoms with Crippen molar-refractivity contribution in [3.8, 4) is 23.0 Å². The summed E-state index contributed by atoms with van der Waals surface area (Å²) in [6.07, 6.45) is 3.12. The van der Waals surface area contributed by atoms with E-state index >= 15 is 0 Å². The van der Waals surface area contributed by atoms with Gasteiger partial charge in [0.2, 0.25) is 0 Å². The number of rotatable bonds is 13. The Hall–Kier alpha value is -3.18. The first kappa shape index (κ1) is 25.4. The summed E-state index contributed by atoms with van der Waals surface area (Å²) in [4.78, 5) is 10.9. The van der Waals surface area contributed by atoms with Crippen molar-refractivity contribution in [2.45, 2.75) is 52.1 Å². The van der Waals surface area contributed by atoms with Crippen LogP contribution in [0.4, 0.5) is 0 Å². The minimum atomic E-state index is -0.783. The average molecular weight is 483 g/mol. The van der Waals surface area contributed by atoms with Crippen molar-refractivity contribution < 1.29 is 24.1 Å². The van der Waals surface area contributed by atoms with Gasteiger partial charge in [0.15, 0.2) is 11.5 Å². The molecule has 0 saturated heterocycles. The van der Waals surface area contributed by atoms with Crippen molar-refractivity contribution in [3.63, 3.8) is 0 Å². The summed E-state index contributed by atoms with van der Waals surface area (Å²) in [7, 11) is 0. The molecule has 180 valence electrons. The molecule has 34 heavy (non-hydrogen) atoms. The molecule has 0 bridgehead atoms. The standard InChI is InChI=1S/C28H31ClO5/c1-3-7-22-18-25(13-10-21(22)11-15-28(30)31)32-17-16-20(2)33-26-14-12-23(29)19-27(26)34-24-8-5-4-6-9-24/h4-6,8-10,12-14,18-20H,3,7,11,15-17H2,1-2H3,(H,30,31)/t20-/m1/s1. The van der Waals surface area contributed by atoms with Crippen molar-refractivity contribution in [3.05, 3.63) is 82.9 Å². The highest BCUT2D eigenvalue weighted by Gasteiger charge is 2.13. The molecule has 0 unspecified atom stereocenters. The lowest BCUT2D eigenvalue weighted by Gasteiger charge is -2.18. The number of carboxylic acid groups (broad SMARTS) is 1. The van der Waals surface area contributed by atoms with Crippen molar-refractivity contribution in [2.75, 3.05) is 6.61 Å². The molecule has 1 N–H and O–H groups in total. The molecule has 6 heteroatoms. The summed E-state index contributed by atoms with van der Waals surface area (Å²) in [5.41, 5.74) is 2.22. The monoisotopic (exact) mass is 482 g/mol. The molecule has 0 amide bonds. The zero-order valence-corrected chi connectivity index (χ0v) is 20.4. The van der Waals surface area contributed by atoms with Crippen molar-refractivity contribution >= 4 is 17.6 Å². The fourth-order valence-corrected chi connectivity index (χ4v) is 3.73. The van der Waals surface area contributed by atoms with Crippen LogP contribution in [-0.4, -0.2) is 23.8 Å². The lowest BCUT2D eigenvalue weighted by molar-refractivity contribution is -0.136. The number of hydrogen-bond acceptors (Lipinski definition) is 4. The zero-order chi connectivity index (χ0) is 24.3. The van der Waals surface area contributed by atoms with Crippen LogP contribution in [0, 0.1) is 0 Å². The molecule has 3 aromatic rings. The van der Waals surface area contributed by atoms with Crippen molar-refractivity contribution in [1.82, 2.24) is 0 Å². The fraction of sp³-hybridized carbons (Fsp3) is 0.321. The summed E-state index contributed by atoms with van der Waals surface area (Å²) in [5.74, 6) is 1.89. The summed E-state index contributed by atoms with van der Waals surface area (Å²) >= 11 is 6.17. The number of benzene rings is 3. The van der Waals surface area contributed by atoms with Gasteiger partial charge in [-0.15, -0.1) is 0 Å². The van der Waals surface area contributed by atoms with Gasteiger partial charge in [-0.2, -0.15) is 0 Å². The molecule has 5 nitrogen and oxygen atoms in total. The Labute approximate surface area is 206 Å². The molecule has 1 atom stereocenters. The predicted octanol–water partition coefficient (Wildman–Crippen LogP) is 7.34. The lowest BCUT2D eigenvalue weighted by atomic mass is 9.99. The summed E-state index contributed by atoms with van der Waals surface area (Å²) in [6, 6.07) is 20.7. The van der Waals surface area contributed by atoms with Gasteiger partial charge < -0.3 is 19.3 Å². The smallest absolute Gasteiger partial charge is 0.303 e. The van der Waals surface area contributed by atoms with E-state index in [9.17, 15) is 4.79 Å². The van der Waals surface area contributed by atoms with E-state index in [-0.39, 0.29) is 12.5 Å². The highest BCUT2D eigenvalue weighted by atomic mass is 35.5. The van der Waals surface area contributed by atoms with Crippen LogP contribution < -0.4 is 14.2 Å². The Kier molecular flexibility index (Phi) is 9.65. The van der Waals surface area contributed by atoms with Gasteiger partial charge in [-0.1, -0.05) is 49.2 Å². The molecular weight excluding hydrogens is 452 g/mol. The molecule has 0 aliphatic rings. The van der Waals surface area contributed by atoms with E-state index in [1.54, 1.807) is 12.1 Å². The van der Waals surface area contributed by atoms with E-state index in [0.29, 0.717) is 41.7 Å². The lowest BCUT2D eigenvalue weighted by Crippen LogP contribution is -2.16. The zero-order valence-electron chi connectivity index (χ0n) is 19.6. The maximum atomic E-state index is 10.9. The Morgan fingerprint density at radius 1 is 0.941 bits per heavy atom. The molecular formula is C28H31ClO5. The Morgan fingerprint density at radius 2 is 1.74 bits per heavy atom. The minimum absolute atomic E-state index is 0.107. The third kappa shape index (κ3) is 7.99. The summed E-state index contributed by atoms with van der Waals surface area (Å²) < 4.78 is 18.1. The number of para-hydroxylation sites is 1. The summed E-state index contributed by atoms with van der Waals surface area (Å²) in [6.45, 7) is 4.59. The van der Waals surface area contributed by atoms with Crippen LogP contribution in [0.1, 0.15) is 44.2 Å². The molecule has 0 spiro atoms. The van der Waals surface area contributed by atoms with E-state index < -0.39 is 5.97 Å². The predicted molar refractivity (Wildman–Crippen MR) is 135 cm³/mol. The molecule has 0 aromatic heterocycles. The number of ether oxygens (including phenoxy) is 3. The summed E-state index contributed by atoms with van der Waals surface area (Å²) in [5, 5.41) is 9.55. The van der Waals surface area contributed by atoms with Crippen molar-refractivity contribution in [1.29, 1.82) is 0 Å². The van der Waals surface area contributed by atoms with E-state index in [2.05, 4.69) is 6.92 Å². The van der Waals surface area contributed by atoms with Crippen LogP contribution in [-0.2, 0) is 17.6 Å². The van der Waals surface area contributed by atoms with Crippen LogP contribution in [0.3, 0.4) is 0 Å². The molecule has 0 aliphatic carbocycles. The maximum Gasteiger partial charge on any atom is 0.303 e. The number of carbonyl (C=O) groups is 1. The van der Waals surface area contributed by atoms with Gasteiger partial charge in [0.1, 0.15) is 11.5 Å². The normalized spacial score (nSPS) is 11.6. The number of carboxylic acids is 1. The third-order valence-corrected chi connectivity index (χ3v) is 5.54. The Morgan fingerprint density at radius 3 is 2.47 bits per heavy atom. The van der Waals surface area contributed by atoms with Gasteiger partial charge in [0.05, 0.1) is 12.7 Å². The van der Waals surface area contributed by atoms with Gasteiger partial charge in [-0.25, -0.2) is 0 Å². The number of aliphatic carboxylic acids is 1. The maximum absolute atomic E-state index is 10.9. The van der Waals surface area contributed by atoms with Gasteiger partial charge >= 0.3 is 5.97 Å². The Bertz CT molecular complexity index is 1070. The number of halogens is 1. The third-order valence-electron chi connectivity index (χ3n) is 5.30. The molecule has 0 fully saturated rings. The fourth-order valence-electron chi connectivity index (χ4n) is 3.57. The highest BCUT2D eigenvalue weighted by molar-refractivity contribution is 6.30. The topological polar surface area (TPSA) is 65.0 Å². The Balaban J connectivity index is 1.57. The quantitative estimate of drug-likeness (QED) is 0.276. The molecule has 0 radical (unpaired) electrons. The minimum Gasteiger partial charge on any atom is -0.493 e. The van der Waals surface area contributed by atoms with Crippen LogP contribution in [0.2, 0.25) is 5.02 Å². The van der Waals surface area contributed by atoms with Gasteiger partial charge in [-0.3, -0.25) is 4.79 Å².